The molecule has 5 heteroatoms. The molecule has 0 aromatic rings. The van der Waals surface area contributed by atoms with E-state index in [-0.39, 0.29) is 12.5 Å². The van der Waals surface area contributed by atoms with E-state index >= 15 is 0 Å². The standard InChI is InChI=1S/C20H38N2O3/c1-17(2)21-11-7-19(8-12-21)15-24-13-4-14-25-16-20(23)22-9-5-18(3)6-10-22/h17-19H,4-16H2,1-3H3. The fraction of sp³-hybridized carbons (Fsp3) is 0.950. The van der Waals surface area contributed by atoms with E-state index in [1.54, 1.807) is 0 Å². The van der Waals surface area contributed by atoms with Crippen molar-refractivity contribution in [3.05, 3.63) is 0 Å². The van der Waals surface area contributed by atoms with Crippen LogP contribution in [0.15, 0.2) is 0 Å². The van der Waals surface area contributed by atoms with Crippen molar-refractivity contribution in [2.45, 2.75) is 58.9 Å². The molecule has 2 heterocycles. The number of carbonyl (C=O) groups is 1. The van der Waals surface area contributed by atoms with Gasteiger partial charge in [0, 0.05) is 39.0 Å². The second-order valence-corrected chi connectivity index (χ2v) is 8.12. The predicted molar refractivity (Wildman–Crippen MR) is 101 cm³/mol. The molecule has 25 heavy (non-hydrogen) atoms. The highest BCUT2D eigenvalue weighted by Crippen LogP contribution is 2.19. The molecule has 0 aromatic heterocycles. The molecule has 0 aliphatic carbocycles. The number of rotatable bonds is 9. The first-order valence-electron chi connectivity index (χ1n) is 10.2. The summed E-state index contributed by atoms with van der Waals surface area (Å²) in [6, 6.07) is 0.662. The fourth-order valence-corrected chi connectivity index (χ4v) is 3.66. The number of likely N-dealkylation sites (tertiary alicyclic amines) is 2. The normalized spacial score (nSPS) is 21.2. The summed E-state index contributed by atoms with van der Waals surface area (Å²) in [4.78, 5) is 16.5. The van der Waals surface area contributed by atoms with Crippen molar-refractivity contribution in [2.24, 2.45) is 11.8 Å². The van der Waals surface area contributed by atoms with E-state index < -0.39 is 0 Å². The van der Waals surface area contributed by atoms with E-state index in [1.165, 1.54) is 25.9 Å². The van der Waals surface area contributed by atoms with E-state index in [9.17, 15) is 4.79 Å². The summed E-state index contributed by atoms with van der Waals surface area (Å²) in [5, 5.41) is 0. The highest BCUT2D eigenvalue weighted by atomic mass is 16.5. The number of nitrogens with zero attached hydrogens (tertiary/aromatic N) is 2. The van der Waals surface area contributed by atoms with Crippen LogP contribution < -0.4 is 0 Å². The Balaban J connectivity index is 1.42. The van der Waals surface area contributed by atoms with Gasteiger partial charge in [0.2, 0.25) is 5.91 Å². The summed E-state index contributed by atoms with van der Waals surface area (Å²) < 4.78 is 11.3. The first-order valence-corrected chi connectivity index (χ1v) is 10.2. The lowest BCUT2D eigenvalue weighted by atomic mass is 9.97. The quantitative estimate of drug-likeness (QED) is 0.597. The van der Waals surface area contributed by atoms with Crippen LogP contribution in [-0.4, -0.2) is 74.4 Å². The monoisotopic (exact) mass is 354 g/mol. The maximum atomic E-state index is 12.0. The van der Waals surface area contributed by atoms with Gasteiger partial charge >= 0.3 is 0 Å². The van der Waals surface area contributed by atoms with Gasteiger partial charge in [0.25, 0.3) is 0 Å². The molecular formula is C20H38N2O3. The second-order valence-electron chi connectivity index (χ2n) is 8.12. The third-order valence-corrected chi connectivity index (χ3v) is 5.67. The van der Waals surface area contributed by atoms with Crippen molar-refractivity contribution >= 4 is 5.91 Å². The Morgan fingerprint density at radius 3 is 2.28 bits per heavy atom. The molecule has 2 fully saturated rings. The lowest BCUT2D eigenvalue weighted by molar-refractivity contribution is -0.137. The summed E-state index contributed by atoms with van der Waals surface area (Å²) in [6.07, 6.45) is 5.61. The minimum Gasteiger partial charge on any atom is -0.381 e. The molecule has 0 atom stereocenters. The number of amides is 1. The van der Waals surface area contributed by atoms with Crippen LogP contribution >= 0.6 is 0 Å². The van der Waals surface area contributed by atoms with E-state index in [1.807, 2.05) is 4.90 Å². The molecule has 2 rings (SSSR count). The highest BCUT2D eigenvalue weighted by Gasteiger charge is 2.21. The molecular weight excluding hydrogens is 316 g/mol. The van der Waals surface area contributed by atoms with Gasteiger partial charge in [-0.1, -0.05) is 6.92 Å². The van der Waals surface area contributed by atoms with E-state index in [0.717, 1.165) is 51.5 Å². The maximum Gasteiger partial charge on any atom is 0.248 e. The zero-order valence-corrected chi connectivity index (χ0v) is 16.5. The average Bonchev–Trinajstić information content (AvgIpc) is 2.61. The van der Waals surface area contributed by atoms with Gasteiger partial charge < -0.3 is 19.3 Å². The van der Waals surface area contributed by atoms with Gasteiger partial charge in [-0.3, -0.25) is 4.79 Å². The van der Waals surface area contributed by atoms with Crippen LogP contribution in [0.4, 0.5) is 0 Å². The number of carbonyl (C=O) groups excluding carboxylic acids is 1. The zero-order valence-electron chi connectivity index (χ0n) is 16.5. The Morgan fingerprint density at radius 1 is 1.00 bits per heavy atom. The Kier molecular flexibility index (Phi) is 9.21. The number of hydrogen-bond acceptors (Lipinski definition) is 4. The molecule has 2 aliphatic rings. The third kappa shape index (κ3) is 7.63. The third-order valence-electron chi connectivity index (χ3n) is 5.67. The first kappa shape index (κ1) is 20.7. The van der Waals surface area contributed by atoms with Crippen LogP contribution in [0.3, 0.4) is 0 Å². The zero-order chi connectivity index (χ0) is 18.1. The molecule has 0 radical (unpaired) electrons. The highest BCUT2D eigenvalue weighted by molar-refractivity contribution is 5.77. The SMILES string of the molecule is CC1CCN(C(=O)COCCCOCC2CCN(C(C)C)CC2)CC1. The van der Waals surface area contributed by atoms with Crippen LogP contribution in [0.5, 0.6) is 0 Å². The van der Waals surface area contributed by atoms with Crippen molar-refractivity contribution in [1.82, 2.24) is 9.80 Å². The van der Waals surface area contributed by atoms with Crippen LogP contribution in [0.1, 0.15) is 52.9 Å². The lowest BCUT2D eigenvalue weighted by Crippen LogP contribution is -2.40. The van der Waals surface area contributed by atoms with E-state index in [0.29, 0.717) is 18.6 Å². The topological polar surface area (TPSA) is 42.0 Å². The van der Waals surface area contributed by atoms with Crippen LogP contribution in [0, 0.1) is 11.8 Å². The van der Waals surface area contributed by atoms with Crippen LogP contribution in [-0.2, 0) is 14.3 Å². The van der Waals surface area contributed by atoms with Crippen molar-refractivity contribution in [3.63, 3.8) is 0 Å². The summed E-state index contributed by atoms with van der Waals surface area (Å²) in [5.74, 6) is 1.60. The van der Waals surface area contributed by atoms with Gasteiger partial charge in [0.15, 0.2) is 0 Å². The summed E-state index contributed by atoms with van der Waals surface area (Å²) in [7, 11) is 0. The van der Waals surface area contributed by atoms with Crippen molar-refractivity contribution < 1.29 is 14.3 Å². The molecule has 0 unspecified atom stereocenters. The summed E-state index contributed by atoms with van der Waals surface area (Å²) in [5.41, 5.74) is 0. The molecule has 5 nitrogen and oxygen atoms in total. The Morgan fingerprint density at radius 2 is 1.64 bits per heavy atom. The molecule has 0 aromatic carbocycles. The van der Waals surface area contributed by atoms with Crippen molar-refractivity contribution in [3.8, 4) is 0 Å². The molecule has 2 saturated heterocycles. The largest absolute Gasteiger partial charge is 0.381 e. The van der Waals surface area contributed by atoms with E-state index in [2.05, 4.69) is 25.7 Å². The Labute approximate surface area is 154 Å². The molecule has 0 spiro atoms. The first-order chi connectivity index (χ1) is 12.1. The van der Waals surface area contributed by atoms with Crippen molar-refractivity contribution in [2.75, 3.05) is 52.6 Å². The predicted octanol–water partition coefficient (Wildman–Crippen LogP) is 2.79. The van der Waals surface area contributed by atoms with Crippen molar-refractivity contribution in [1.29, 1.82) is 0 Å². The number of piperidine rings is 2. The minimum absolute atomic E-state index is 0.143. The van der Waals surface area contributed by atoms with Crippen LogP contribution in [0.25, 0.3) is 0 Å². The van der Waals surface area contributed by atoms with Gasteiger partial charge in [-0.25, -0.2) is 0 Å². The summed E-state index contributed by atoms with van der Waals surface area (Å²) >= 11 is 0. The van der Waals surface area contributed by atoms with Gasteiger partial charge in [0.1, 0.15) is 6.61 Å². The molecule has 1 amide bonds. The van der Waals surface area contributed by atoms with Gasteiger partial charge in [-0.2, -0.15) is 0 Å². The smallest absolute Gasteiger partial charge is 0.248 e. The molecule has 0 bridgehead atoms. The van der Waals surface area contributed by atoms with Gasteiger partial charge in [-0.15, -0.1) is 0 Å². The minimum atomic E-state index is 0.143. The lowest BCUT2D eigenvalue weighted by Gasteiger charge is -2.34. The summed E-state index contributed by atoms with van der Waals surface area (Å²) in [6.45, 7) is 13.4. The Bertz CT molecular complexity index is 373. The van der Waals surface area contributed by atoms with Crippen LogP contribution in [0.2, 0.25) is 0 Å². The molecule has 0 N–H and O–H groups in total. The van der Waals surface area contributed by atoms with Gasteiger partial charge in [0.05, 0.1) is 0 Å². The average molecular weight is 355 g/mol. The maximum absolute atomic E-state index is 12.0. The fourth-order valence-electron chi connectivity index (χ4n) is 3.66. The molecule has 0 saturated carbocycles. The van der Waals surface area contributed by atoms with E-state index in [4.69, 9.17) is 9.47 Å². The number of hydrogen-bond donors (Lipinski definition) is 0. The van der Waals surface area contributed by atoms with Gasteiger partial charge in [-0.05, 0) is 70.9 Å². The molecule has 2 aliphatic heterocycles. The molecule has 146 valence electrons. The Hall–Kier alpha value is -0.650. The second kappa shape index (κ2) is 11.1. The number of ether oxygens (including phenoxy) is 2.